The van der Waals surface area contributed by atoms with Crippen molar-refractivity contribution in [2.45, 2.75) is 33.7 Å². The van der Waals surface area contributed by atoms with Gasteiger partial charge in [-0.1, -0.05) is 13.8 Å². The van der Waals surface area contributed by atoms with Gasteiger partial charge in [-0.05, 0) is 43.5 Å². The van der Waals surface area contributed by atoms with Crippen LogP contribution >= 0.6 is 0 Å². The SMILES string of the molecule is CCOc1ccc(NC(CO)C(C)C)cc1C. The number of aliphatic hydroxyl groups excluding tert-OH is 1. The lowest BCUT2D eigenvalue weighted by atomic mass is 10.0. The van der Waals surface area contributed by atoms with E-state index in [1.807, 2.05) is 26.0 Å². The highest BCUT2D eigenvalue weighted by atomic mass is 16.5. The molecule has 0 spiro atoms. The maximum absolute atomic E-state index is 9.28. The Morgan fingerprint density at radius 2 is 2.06 bits per heavy atom. The highest BCUT2D eigenvalue weighted by Crippen LogP contribution is 2.23. The van der Waals surface area contributed by atoms with Gasteiger partial charge in [-0.25, -0.2) is 0 Å². The van der Waals surface area contributed by atoms with Crippen LogP contribution in [-0.2, 0) is 0 Å². The summed E-state index contributed by atoms with van der Waals surface area (Å²) in [4.78, 5) is 0. The minimum absolute atomic E-state index is 0.0901. The van der Waals surface area contributed by atoms with Crippen molar-refractivity contribution in [2.75, 3.05) is 18.5 Å². The lowest BCUT2D eigenvalue weighted by molar-refractivity contribution is 0.249. The smallest absolute Gasteiger partial charge is 0.122 e. The number of hydrogen-bond donors (Lipinski definition) is 2. The molecular weight excluding hydrogens is 214 g/mol. The first-order valence-electron chi connectivity index (χ1n) is 6.19. The number of aryl methyl sites for hydroxylation is 1. The number of anilines is 1. The summed E-state index contributed by atoms with van der Waals surface area (Å²) in [5.41, 5.74) is 2.14. The first kappa shape index (κ1) is 13.8. The summed E-state index contributed by atoms with van der Waals surface area (Å²) in [6, 6.07) is 6.10. The van der Waals surface area contributed by atoms with Crippen LogP contribution in [0.3, 0.4) is 0 Å². The number of nitrogens with one attached hydrogen (secondary N) is 1. The van der Waals surface area contributed by atoms with Crippen molar-refractivity contribution in [3.8, 4) is 5.75 Å². The molecule has 1 rings (SSSR count). The van der Waals surface area contributed by atoms with Crippen LogP contribution < -0.4 is 10.1 Å². The van der Waals surface area contributed by atoms with Crippen LogP contribution in [0, 0.1) is 12.8 Å². The maximum Gasteiger partial charge on any atom is 0.122 e. The minimum atomic E-state index is 0.0901. The molecule has 0 aromatic heterocycles. The van der Waals surface area contributed by atoms with Crippen molar-refractivity contribution in [3.05, 3.63) is 23.8 Å². The van der Waals surface area contributed by atoms with E-state index >= 15 is 0 Å². The van der Waals surface area contributed by atoms with E-state index in [9.17, 15) is 5.11 Å². The molecule has 0 fully saturated rings. The van der Waals surface area contributed by atoms with Crippen molar-refractivity contribution in [1.29, 1.82) is 0 Å². The zero-order valence-corrected chi connectivity index (χ0v) is 11.2. The molecule has 1 atom stereocenters. The lowest BCUT2D eigenvalue weighted by Gasteiger charge is -2.21. The minimum Gasteiger partial charge on any atom is -0.494 e. The van der Waals surface area contributed by atoms with E-state index in [0.717, 1.165) is 17.0 Å². The fourth-order valence-electron chi connectivity index (χ4n) is 1.69. The first-order chi connectivity index (χ1) is 8.08. The fraction of sp³-hybridized carbons (Fsp3) is 0.571. The van der Waals surface area contributed by atoms with E-state index in [1.54, 1.807) is 0 Å². The van der Waals surface area contributed by atoms with E-state index in [-0.39, 0.29) is 12.6 Å². The predicted molar refractivity (Wildman–Crippen MR) is 71.7 cm³/mol. The Balaban J connectivity index is 2.76. The van der Waals surface area contributed by atoms with Gasteiger partial charge in [-0.15, -0.1) is 0 Å². The van der Waals surface area contributed by atoms with Gasteiger partial charge in [0.1, 0.15) is 5.75 Å². The highest BCUT2D eigenvalue weighted by molar-refractivity contribution is 5.51. The molecule has 0 amide bonds. The third kappa shape index (κ3) is 3.93. The maximum atomic E-state index is 9.28. The standard InChI is InChI=1S/C14H23NO2/c1-5-17-14-7-6-12(8-11(14)4)15-13(9-16)10(2)3/h6-8,10,13,15-16H,5,9H2,1-4H3. The molecule has 1 unspecified atom stereocenters. The molecule has 3 heteroatoms. The molecule has 17 heavy (non-hydrogen) atoms. The van der Waals surface area contributed by atoms with Crippen molar-refractivity contribution in [1.82, 2.24) is 0 Å². The highest BCUT2D eigenvalue weighted by Gasteiger charge is 2.12. The molecule has 1 aromatic rings. The van der Waals surface area contributed by atoms with Crippen LogP contribution in [0.4, 0.5) is 5.69 Å². The molecule has 0 saturated heterocycles. The van der Waals surface area contributed by atoms with Gasteiger partial charge in [-0.3, -0.25) is 0 Å². The van der Waals surface area contributed by atoms with Gasteiger partial charge in [0.15, 0.2) is 0 Å². The Kier molecular flexibility index (Phi) is 5.29. The molecular formula is C14H23NO2. The van der Waals surface area contributed by atoms with Crippen LogP contribution in [0.1, 0.15) is 26.3 Å². The summed E-state index contributed by atoms with van der Waals surface area (Å²) in [5, 5.41) is 12.6. The van der Waals surface area contributed by atoms with Crippen LogP contribution in [0.25, 0.3) is 0 Å². The molecule has 2 N–H and O–H groups in total. The van der Waals surface area contributed by atoms with Gasteiger partial charge in [0.05, 0.1) is 19.3 Å². The zero-order valence-electron chi connectivity index (χ0n) is 11.2. The van der Waals surface area contributed by atoms with Gasteiger partial charge >= 0.3 is 0 Å². The Bertz CT molecular complexity index is 350. The largest absolute Gasteiger partial charge is 0.494 e. The second-order valence-electron chi connectivity index (χ2n) is 4.59. The van der Waals surface area contributed by atoms with Crippen LogP contribution in [-0.4, -0.2) is 24.4 Å². The van der Waals surface area contributed by atoms with Gasteiger partial charge in [0.25, 0.3) is 0 Å². The fourth-order valence-corrected chi connectivity index (χ4v) is 1.69. The average Bonchev–Trinajstić information content (AvgIpc) is 2.29. The zero-order chi connectivity index (χ0) is 12.8. The Hall–Kier alpha value is -1.22. The molecule has 0 radical (unpaired) electrons. The number of aliphatic hydroxyl groups is 1. The number of hydrogen-bond acceptors (Lipinski definition) is 3. The molecule has 0 saturated carbocycles. The van der Waals surface area contributed by atoms with Gasteiger partial charge in [0, 0.05) is 5.69 Å². The third-order valence-corrected chi connectivity index (χ3v) is 2.83. The summed E-state index contributed by atoms with van der Waals surface area (Å²) < 4.78 is 5.49. The normalized spacial score (nSPS) is 12.6. The monoisotopic (exact) mass is 237 g/mol. The van der Waals surface area contributed by atoms with E-state index in [4.69, 9.17) is 4.74 Å². The van der Waals surface area contributed by atoms with E-state index in [0.29, 0.717) is 12.5 Å². The van der Waals surface area contributed by atoms with E-state index in [1.165, 1.54) is 0 Å². The summed E-state index contributed by atoms with van der Waals surface area (Å²) in [7, 11) is 0. The molecule has 0 bridgehead atoms. The number of benzene rings is 1. The molecule has 96 valence electrons. The molecule has 0 aliphatic heterocycles. The molecule has 0 aliphatic rings. The third-order valence-electron chi connectivity index (χ3n) is 2.83. The summed E-state index contributed by atoms with van der Waals surface area (Å²) >= 11 is 0. The van der Waals surface area contributed by atoms with Gasteiger partial charge < -0.3 is 15.2 Å². The first-order valence-corrected chi connectivity index (χ1v) is 6.19. The summed E-state index contributed by atoms with van der Waals surface area (Å²) in [5.74, 6) is 1.31. The van der Waals surface area contributed by atoms with Crippen molar-refractivity contribution >= 4 is 5.69 Å². The van der Waals surface area contributed by atoms with Gasteiger partial charge in [-0.2, -0.15) is 0 Å². The molecule has 1 aromatic carbocycles. The quantitative estimate of drug-likeness (QED) is 0.799. The molecule has 3 nitrogen and oxygen atoms in total. The Morgan fingerprint density at radius 1 is 1.35 bits per heavy atom. The Morgan fingerprint density at radius 3 is 2.53 bits per heavy atom. The van der Waals surface area contributed by atoms with Gasteiger partial charge in [0.2, 0.25) is 0 Å². The van der Waals surface area contributed by atoms with Crippen molar-refractivity contribution in [2.24, 2.45) is 5.92 Å². The van der Waals surface area contributed by atoms with Crippen molar-refractivity contribution < 1.29 is 9.84 Å². The van der Waals surface area contributed by atoms with E-state index in [2.05, 4.69) is 25.2 Å². The van der Waals surface area contributed by atoms with E-state index < -0.39 is 0 Å². The Labute approximate surface area is 104 Å². The van der Waals surface area contributed by atoms with Crippen LogP contribution in [0.2, 0.25) is 0 Å². The molecule has 0 heterocycles. The summed E-state index contributed by atoms with van der Waals surface area (Å²) in [6.45, 7) is 9.01. The number of rotatable bonds is 6. The predicted octanol–water partition coefficient (Wildman–Crippen LogP) is 2.82. The molecule has 0 aliphatic carbocycles. The lowest BCUT2D eigenvalue weighted by Crippen LogP contribution is -2.29. The topological polar surface area (TPSA) is 41.5 Å². The van der Waals surface area contributed by atoms with Crippen molar-refractivity contribution in [3.63, 3.8) is 0 Å². The summed E-state index contributed by atoms with van der Waals surface area (Å²) in [6.07, 6.45) is 0. The number of ether oxygens (including phenoxy) is 1. The average molecular weight is 237 g/mol. The second kappa shape index (κ2) is 6.50. The second-order valence-corrected chi connectivity index (χ2v) is 4.59. The van der Waals surface area contributed by atoms with Crippen LogP contribution in [0.5, 0.6) is 5.75 Å². The van der Waals surface area contributed by atoms with Crippen LogP contribution in [0.15, 0.2) is 18.2 Å².